The van der Waals surface area contributed by atoms with Crippen LogP contribution < -0.4 is 15.4 Å². The molecule has 2 heterocycles. The zero-order valence-corrected chi connectivity index (χ0v) is 16.2. The topological polar surface area (TPSA) is 88.6 Å². The van der Waals surface area contributed by atoms with Crippen LogP contribution in [0, 0.1) is 0 Å². The van der Waals surface area contributed by atoms with Crippen LogP contribution in [0.5, 0.6) is 5.75 Å². The summed E-state index contributed by atoms with van der Waals surface area (Å²) in [5.74, 6) is -1.56. The lowest BCUT2D eigenvalue weighted by Crippen LogP contribution is -2.40. The molecule has 1 aromatic carbocycles. The van der Waals surface area contributed by atoms with E-state index in [-0.39, 0.29) is 22.9 Å². The molecule has 1 aliphatic heterocycles. The molecule has 0 aliphatic carbocycles. The van der Waals surface area contributed by atoms with Gasteiger partial charge in [0, 0.05) is 31.9 Å². The van der Waals surface area contributed by atoms with E-state index in [2.05, 4.69) is 25.3 Å². The molecule has 0 radical (unpaired) electrons. The van der Waals surface area contributed by atoms with Crippen LogP contribution in [0.1, 0.15) is 15.9 Å². The molecule has 1 aliphatic rings. The monoisotopic (exact) mass is 447 g/mol. The van der Waals surface area contributed by atoms with Gasteiger partial charge in [-0.25, -0.2) is 4.98 Å². The van der Waals surface area contributed by atoms with Gasteiger partial charge in [0.05, 0.1) is 18.9 Å². The van der Waals surface area contributed by atoms with Gasteiger partial charge in [-0.2, -0.15) is 26.9 Å². The summed E-state index contributed by atoms with van der Waals surface area (Å²) in [7, 11) is 1.25. The van der Waals surface area contributed by atoms with Crippen molar-refractivity contribution in [2.45, 2.75) is 12.8 Å². The van der Waals surface area contributed by atoms with Crippen molar-refractivity contribution in [2.75, 3.05) is 44.0 Å². The van der Waals surface area contributed by atoms with Crippen LogP contribution >= 0.6 is 0 Å². The summed E-state index contributed by atoms with van der Waals surface area (Å²) in [6.45, 7) is -1.75. The number of carbonyl (C=O) groups is 1. The number of nitrogens with zero attached hydrogens (tertiary/aromatic N) is 3. The molecule has 2 aromatic rings. The molecule has 0 bridgehead atoms. The number of amides is 1. The largest absolute Gasteiger partial charge is 0.433 e. The van der Waals surface area contributed by atoms with Gasteiger partial charge in [-0.3, -0.25) is 4.79 Å². The number of carbonyl (C=O) groups excluding carboxylic acids is 1. The number of benzene rings is 1. The first-order valence-electron chi connectivity index (χ1n) is 9.04. The molecule has 0 spiro atoms. The average molecular weight is 447 g/mol. The van der Waals surface area contributed by atoms with Gasteiger partial charge in [0.15, 0.2) is 0 Å². The normalized spacial score (nSPS) is 14.5. The molecule has 0 unspecified atom stereocenters. The fraction of sp³-hybridized carbons (Fsp3) is 0.389. The zero-order valence-electron chi connectivity index (χ0n) is 16.2. The Morgan fingerprint density at radius 1 is 1.26 bits per heavy atom. The van der Waals surface area contributed by atoms with Crippen molar-refractivity contribution in [2.24, 2.45) is 0 Å². The maximum atomic E-state index is 13.0. The van der Waals surface area contributed by atoms with Crippen LogP contribution in [0.25, 0.3) is 0 Å². The van der Waals surface area contributed by atoms with Crippen LogP contribution in [-0.2, 0) is 10.9 Å². The van der Waals surface area contributed by atoms with E-state index < -0.39 is 30.1 Å². The SMILES string of the molecule is CNc1nc(Nc2ccc(C(=O)N3CCOCC3)cc2OC(F)F)ncc1C(F)(F)F. The summed E-state index contributed by atoms with van der Waals surface area (Å²) >= 11 is 0. The summed E-state index contributed by atoms with van der Waals surface area (Å²) in [5, 5.41) is 4.86. The second-order valence-electron chi connectivity index (χ2n) is 6.32. The summed E-state index contributed by atoms with van der Waals surface area (Å²) in [6, 6.07) is 3.78. The van der Waals surface area contributed by atoms with E-state index >= 15 is 0 Å². The minimum Gasteiger partial charge on any atom is -0.433 e. The van der Waals surface area contributed by atoms with Gasteiger partial charge in [0.1, 0.15) is 17.1 Å². The van der Waals surface area contributed by atoms with Crippen LogP contribution in [0.4, 0.5) is 39.4 Å². The van der Waals surface area contributed by atoms with Crippen molar-refractivity contribution < 1.29 is 36.2 Å². The molecular weight excluding hydrogens is 429 g/mol. The van der Waals surface area contributed by atoms with Crippen LogP contribution in [0.2, 0.25) is 0 Å². The number of alkyl halides is 5. The highest BCUT2D eigenvalue weighted by Crippen LogP contribution is 2.35. The fourth-order valence-electron chi connectivity index (χ4n) is 2.86. The van der Waals surface area contributed by atoms with Gasteiger partial charge in [0.2, 0.25) is 5.95 Å². The van der Waals surface area contributed by atoms with Crippen molar-refractivity contribution in [3.63, 3.8) is 0 Å². The molecule has 1 aromatic heterocycles. The molecule has 0 atom stereocenters. The third-order valence-corrected chi connectivity index (χ3v) is 4.32. The minimum atomic E-state index is -4.68. The van der Waals surface area contributed by atoms with Gasteiger partial charge in [-0.1, -0.05) is 0 Å². The molecule has 1 saturated heterocycles. The van der Waals surface area contributed by atoms with E-state index in [0.29, 0.717) is 32.5 Å². The Morgan fingerprint density at radius 2 is 1.97 bits per heavy atom. The summed E-state index contributed by atoms with van der Waals surface area (Å²) in [6.07, 6.45) is -4.12. The highest BCUT2D eigenvalue weighted by Gasteiger charge is 2.35. The van der Waals surface area contributed by atoms with E-state index in [1.54, 1.807) is 0 Å². The number of anilines is 3. The lowest BCUT2D eigenvalue weighted by atomic mass is 10.1. The number of rotatable bonds is 6. The summed E-state index contributed by atoms with van der Waals surface area (Å²) < 4.78 is 74.4. The van der Waals surface area contributed by atoms with Crippen molar-refractivity contribution in [3.8, 4) is 5.75 Å². The van der Waals surface area contributed by atoms with Gasteiger partial charge in [0.25, 0.3) is 5.91 Å². The Morgan fingerprint density at radius 3 is 2.58 bits per heavy atom. The van der Waals surface area contributed by atoms with Crippen molar-refractivity contribution >= 4 is 23.4 Å². The van der Waals surface area contributed by atoms with Crippen LogP contribution in [0.3, 0.4) is 0 Å². The highest BCUT2D eigenvalue weighted by molar-refractivity contribution is 5.95. The third-order valence-electron chi connectivity index (χ3n) is 4.32. The lowest BCUT2D eigenvalue weighted by Gasteiger charge is -2.27. The first-order valence-corrected chi connectivity index (χ1v) is 9.04. The number of halogens is 5. The maximum absolute atomic E-state index is 13.0. The molecule has 3 rings (SSSR count). The van der Waals surface area contributed by atoms with E-state index in [9.17, 15) is 26.7 Å². The first kappa shape index (κ1) is 22.5. The van der Waals surface area contributed by atoms with Gasteiger partial charge < -0.3 is 25.0 Å². The maximum Gasteiger partial charge on any atom is 0.421 e. The van der Waals surface area contributed by atoms with Crippen molar-refractivity contribution in [1.82, 2.24) is 14.9 Å². The molecule has 13 heteroatoms. The van der Waals surface area contributed by atoms with Crippen LogP contribution in [-0.4, -0.2) is 60.7 Å². The smallest absolute Gasteiger partial charge is 0.421 e. The van der Waals surface area contributed by atoms with Crippen molar-refractivity contribution in [1.29, 1.82) is 0 Å². The Hall–Kier alpha value is -3.22. The van der Waals surface area contributed by atoms with E-state index in [0.717, 1.165) is 6.07 Å². The van der Waals surface area contributed by atoms with E-state index in [1.807, 2.05) is 0 Å². The Balaban J connectivity index is 1.89. The molecule has 168 valence electrons. The summed E-state index contributed by atoms with van der Waals surface area (Å²) in [5.41, 5.74) is -1.04. The second kappa shape index (κ2) is 9.29. The Bertz CT molecular complexity index is 935. The number of ether oxygens (including phenoxy) is 2. The van der Waals surface area contributed by atoms with E-state index in [1.165, 1.54) is 24.1 Å². The number of morpholine rings is 1. The fourth-order valence-corrected chi connectivity index (χ4v) is 2.86. The molecule has 1 fully saturated rings. The second-order valence-corrected chi connectivity index (χ2v) is 6.32. The minimum absolute atomic E-state index is 0.0550. The summed E-state index contributed by atoms with van der Waals surface area (Å²) in [4.78, 5) is 21.4. The van der Waals surface area contributed by atoms with Gasteiger partial charge in [-0.15, -0.1) is 0 Å². The number of hydrogen-bond acceptors (Lipinski definition) is 7. The molecule has 31 heavy (non-hydrogen) atoms. The van der Waals surface area contributed by atoms with E-state index in [4.69, 9.17) is 4.74 Å². The molecule has 1 amide bonds. The molecule has 2 N–H and O–H groups in total. The molecule has 0 saturated carbocycles. The quantitative estimate of drug-likeness (QED) is 0.657. The average Bonchev–Trinajstić information content (AvgIpc) is 2.73. The number of nitrogens with one attached hydrogen (secondary N) is 2. The number of aromatic nitrogens is 2. The first-order chi connectivity index (χ1) is 14.7. The lowest BCUT2D eigenvalue weighted by molar-refractivity contribution is -0.137. The van der Waals surface area contributed by atoms with Gasteiger partial charge in [-0.05, 0) is 18.2 Å². The standard InChI is InChI=1S/C18H18F5N5O3/c1-24-14-11(18(21,22)23)9-25-17(27-14)26-12-3-2-10(8-13(12)31-16(19)20)15(29)28-4-6-30-7-5-28/h2-3,8-9,16H,4-7H2,1H3,(H2,24,25,26,27). The third kappa shape index (κ3) is 5.48. The Kier molecular flexibility index (Phi) is 6.73. The number of hydrogen-bond donors (Lipinski definition) is 2. The predicted molar refractivity (Wildman–Crippen MR) is 99.7 cm³/mol. The van der Waals surface area contributed by atoms with Crippen molar-refractivity contribution in [3.05, 3.63) is 35.5 Å². The van der Waals surface area contributed by atoms with Crippen LogP contribution in [0.15, 0.2) is 24.4 Å². The van der Waals surface area contributed by atoms with Gasteiger partial charge >= 0.3 is 12.8 Å². The molecular formula is C18H18F5N5O3. The zero-order chi connectivity index (χ0) is 22.6. The highest BCUT2D eigenvalue weighted by atomic mass is 19.4. The predicted octanol–water partition coefficient (Wildman–Crippen LogP) is 3.35. The Labute approximate surface area is 173 Å². The molecule has 8 nitrogen and oxygen atoms in total.